The molecule has 1 aliphatic heterocycles. The van der Waals surface area contributed by atoms with Crippen LogP contribution in [-0.2, 0) is 30.7 Å². The minimum absolute atomic E-state index is 0.509. The van der Waals surface area contributed by atoms with Gasteiger partial charge < -0.3 is 14.6 Å². The Bertz CT molecular complexity index is 449. The molecule has 4 heteroatoms. The van der Waals surface area contributed by atoms with E-state index in [-0.39, 0.29) is 0 Å². The monoisotopic (exact) mass is 291 g/mol. The average molecular weight is 291 g/mol. The van der Waals surface area contributed by atoms with E-state index in [4.69, 9.17) is 9.72 Å². The fraction of sp³-hybridized carbons (Fsp3) is 0.824. The Morgan fingerprint density at radius 1 is 1.29 bits per heavy atom. The first-order valence-electron chi connectivity index (χ1n) is 8.78. The normalized spacial score (nSPS) is 19.7. The highest BCUT2D eigenvalue weighted by Gasteiger charge is 2.19. The summed E-state index contributed by atoms with van der Waals surface area (Å²) >= 11 is 0. The van der Waals surface area contributed by atoms with Gasteiger partial charge >= 0.3 is 0 Å². The standard InChI is InChI=1S/C17H29N3O/c1-2-6-17-19-15-13-18-10-9-16(15)20(17)11-12-21-14-7-4-3-5-8-14/h14,18H,2-13H2,1H3. The first-order valence-corrected chi connectivity index (χ1v) is 8.78. The molecule has 1 saturated carbocycles. The molecule has 0 amide bonds. The van der Waals surface area contributed by atoms with Gasteiger partial charge in [0, 0.05) is 38.2 Å². The largest absolute Gasteiger partial charge is 0.376 e. The lowest BCUT2D eigenvalue weighted by Gasteiger charge is -2.23. The van der Waals surface area contributed by atoms with Crippen LogP contribution in [0.4, 0.5) is 0 Å². The molecule has 0 radical (unpaired) electrons. The molecule has 2 aliphatic rings. The van der Waals surface area contributed by atoms with Crippen LogP contribution in [0.15, 0.2) is 0 Å². The zero-order valence-electron chi connectivity index (χ0n) is 13.4. The fourth-order valence-electron chi connectivity index (χ4n) is 3.65. The Morgan fingerprint density at radius 2 is 2.14 bits per heavy atom. The summed E-state index contributed by atoms with van der Waals surface area (Å²) in [5.74, 6) is 1.26. The van der Waals surface area contributed by atoms with Gasteiger partial charge in [0.1, 0.15) is 5.82 Å². The molecule has 1 aromatic heterocycles. The molecular weight excluding hydrogens is 262 g/mol. The number of aryl methyl sites for hydroxylation is 1. The number of nitrogens with one attached hydrogen (secondary N) is 1. The molecule has 1 aromatic rings. The molecule has 1 N–H and O–H groups in total. The molecule has 0 saturated heterocycles. The van der Waals surface area contributed by atoms with Gasteiger partial charge in [-0.3, -0.25) is 0 Å². The third-order valence-corrected chi connectivity index (χ3v) is 4.76. The maximum Gasteiger partial charge on any atom is 0.109 e. The van der Waals surface area contributed by atoms with Gasteiger partial charge in [-0.25, -0.2) is 4.98 Å². The van der Waals surface area contributed by atoms with Crippen molar-refractivity contribution in [3.63, 3.8) is 0 Å². The molecule has 0 bridgehead atoms. The second-order valence-corrected chi connectivity index (χ2v) is 6.38. The second kappa shape index (κ2) is 7.41. The van der Waals surface area contributed by atoms with Crippen LogP contribution in [0, 0.1) is 0 Å². The number of aromatic nitrogens is 2. The Kier molecular flexibility index (Phi) is 5.31. The highest BCUT2D eigenvalue weighted by Crippen LogP contribution is 2.21. The smallest absolute Gasteiger partial charge is 0.109 e. The Balaban J connectivity index is 1.61. The molecule has 4 nitrogen and oxygen atoms in total. The quantitative estimate of drug-likeness (QED) is 0.876. The zero-order chi connectivity index (χ0) is 14.5. The molecule has 0 spiro atoms. The highest BCUT2D eigenvalue weighted by molar-refractivity contribution is 5.20. The molecule has 1 fully saturated rings. The lowest BCUT2D eigenvalue weighted by atomic mass is 9.98. The van der Waals surface area contributed by atoms with Gasteiger partial charge in [0.15, 0.2) is 0 Å². The van der Waals surface area contributed by atoms with E-state index in [0.717, 1.165) is 45.5 Å². The molecule has 21 heavy (non-hydrogen) atoms. The number of rotatable bonds is 6. The van der Waals surface area contributed by atoms with Crippen LogP contribution in [0.2, 0.25) is 0 Å². The zero-order valence-corrected chi connectivity index (χ0v) is 13.4. The molecule has 0 aromatic carbocycles. The van der Waals surface area contributed by atoms with Crippen LogP contribution >= 0.6 is 0 Å². The second-order valence-electron chi connectivity index (χ2n) is 6.38. The lowest BCUT2D eigenvalue weighted by Crippen LogP contribution is -2.26. The van der Waals surface area contributed by atoms with Crippen LogP contribution in [0.1, 0.15) is 62.7 Å². The summed E-state index contributed by atoms with van der Waals surface area (Å²) in [5.41, 5.74) is 2.71. The first kappa shape index (κ1) is 15.0. The van der Waals surface area contributed by atoms with Gasteiger partial charge in [-0.15, -0.1) is 0 Å². The first-order chi connectivity index (χ1) is 10.4. The molecule has 3 rings (SSSR count). The van der Waals surface area contributed by atoms with Crippen molar-refractivity contribution in [3.05, 3.63) is 17.2 Å². The number of hydrogen-bond acceptors (Lipinski definition) is 3. The van der Waals surface area contributed by atoms with Crippen LogP contribution < -0.4 is 5.32 Å². The molecule has 1 aliphatic carbocycles. The van der Waals surface area contributed by atoms with Crippen molar-refractivity contribution in [2.75, 3.05) is 13.2 Å². The molecule has 0 unspecified atom stereocenters. The summed E-state index contributed by atoms with van der Waals surface area (Å²) in [7, 11) is 0. The summed E-state index contributed by atoms with van der Waals surface area (Å²) < 4.78 is 8.56. The van der Waals surface area contributed by atoms with Gasteiger partial charge in [-0.1, -0.05) is 26.2 Å². The number of hydrogen-bond donors (Lipinski definition) is 1. The summed E-state index contributed by atoms with van der Waals surface area (Å²) in [6, 6.07) is 0. The maximum atomic E-state index is 6.12. The minimum atomic E-state index is 0.509. The van der Waals surface area contributed by atoms with E-state index in [2.05, 4.69) is 16.8 Å². The lowest BCUT2D eigenvalue weighted by molar-refractivity contribution is 0.0235. The average Bonchev–Trinajstić information content (AvgIpc) is 2.87. The van der Waals surface area contributed by atoms with Crippen molar-refractivity contribution < 1.29 is 4.74 Å². The van der Waals surface area contributed by atoms with Crippen LogP contribution in [0.5, 0.6) is 0 Å². The maximum absolute atomic E-state index is 6.12. The van der Waals surface area contributed by atoms with Crippen molar-refractivity contribution in [1.82, 2.24) is 14.9 Å². The van der Waals surface area contributed by atoms with Crippen molar-refractivity contribution in [2.24, 2.45) is 0 Å². The van der Waals surface area contributed by atoms with Crippen molar-refractivity contribution >= 4 is 0 Å². The third-order valence-electron chi connectivity index (χ3n) is 4.76. The summed E-state index contributed by atoms with van der Waals surface area (Å²) in [6.45, 7) is 6.07. The fourth-order valence-corrected chi connectivity index (χ4v) is 3.65. The Labute approximate surface area is 128 Å². The molecular formula is C17H29N3O. The van der Waals surface area contributed by atoms with Crippen molar-refractivity contribution in [1.29, 1.82) is 0 Å². The summed E-state index contributed by atoms with van der Waals surface area (Å²) in [4.78, 5) is 4.85. The number of fused-ring (bicyclic) bond motifs is 1. The van der Waals surface area contributed by atoms with E-state index >= 15 is 0 Å². The summed E-state index contributed by atoms with van der Waals surface area (Å²) in [5, 5.41) is 3.42. The predicted molar refractivity (Wildman–Crippen MR) is 84.5 cm³/mol. The van der Waals surface area contributed by atoms with Crippen LogP contribution in [0.25, 0.3) is 0 Å². The number of ether oxygens (including phenoxy) is 1. The van der Waals surface area contributed by atoms with E-state index in [0.29, 0.717) is 6.10 Å². The molecule has 0 atom stereocenters. The van der Waals surface area contributed by atoms with Crippen molar-refractivity contribution in [2.45, 2.75) is 77.5 Å². The van der Waals surface area contributed by atoms with Crippen LogP contribution in [-0.4, -0.2) is 28.8 Å². The van der Waals surface area contributed by atoms with E-state index in [9.17, 15) is 0 Å². The minimum Gasteiger partial charge on any atom is -0.376 e. The van der Waals surface area contributed by atoms with E-state index in [1.54, 1.807) is 0 Å². The molecule has 2 heterocycles. The summed E-state index contributed by atoms with van der Waals surface area (Å²) in [6.07, 6.45) is 10.5. The van der Waals surface area contributed by atoms with E-state index < -0.39 is 0 Å². The van der Waals surface area contributed by atoms with Crippen LogP contribution in [0.3, 0.4) is 0 Å². The Morgan fingerprint density at radius 3 is 2.95 bits per heavy atom. The van der Waals surface area contributed by atoms with E-state index in [1.165, 1.54) is 49.3 Å². The van der Waals surface area contributed by atoms with Gasteiger partial charge in [0.05, 0.1) is 18.4 Å². The van der Waals surface area contributed by atoms with Gasteiger partial charge in [0.25, 0.3) is 0 Å². The third kappa shape index (κ3) is 3.67. The predicted octanol–water partition coefficient (Wildman–Crippen LogP) is 2.83. The van der Waals surface area contributed by atoms with Gasteiger partial charge in [-0.2, -0.15) is 0 Å². The molecule has 118 valence electrons. The highest BCUT2D eigenvalue weighted by atomic mass is 16.5. The van der Waals surface area contributed by atoms with Gasteiger partial charge in [0.2, 0.25) is 0 Å². The topological polar surface area (TPSA) is 39.1 Å². The Hall–Kier alpha value is -0.870. The van der Waals surface area contributed by atoms with Gasteiger partial charge in [-0.05, 0) is 19.3 Å². The number of nitrogens with zero attached hydrogens (tertiary/aromatic N) is 2. The SMILES string of the molecule is CCCc1nc2c(n1CCOC1CCCCC1)CCNC2. The number of imidazole rings is 1. The van der Waals surface area contributed by atoms with E-state index in [1.807, 2.05) is 0 Å². The van der Waals surface area contributed by atoms with Crippen molar-refractivity contribution in [3.8, 4) is 0 Å².